The molecule has 50 heteroatoms. The van der Waals surface area contributed by atoms with Gasteiger partial charge in [0, 0.05) is 66.4 Å². The minimum atomic E-state index is -4.43. The summed E-state index contributed by atoms with van der Waals surface area (Å²) in [6.45, 7) is -0.438. The number of ether oxygens (including phenoxy) is 4. The molecule has 2 aromatic heterocycles. The number of hydrogen-bond donors (Lipinski definition) is 15. The number of aliphatic carboxylic acids is 1. The highest BCUT2D eigenvalue weighted by molar-refractivity contribution is 7.94. The van der Waals surface area contributed by atoms with E-state index in [1.54, 1.807) is 18.2 Å². The number of rotatable bonds is 53. The first-order valence-corrected chi connectivity index (χ1v) is 42.2. The van der Waals surface area contributed by atoms with Gasteiger partial charge in [-0.1, -0.05) is 34.3 Å². The maximum Gasteiger partial charge on any atom is 0.335 e. The molecule has 660 valence electrons. The largest absolute Gasteiger partial charge is 0.491 e. The van der Waals surface area contributed by atoms with Crippen LogP contribution in [0.5, 0.6) is 23.0 Å². The first kappa shape index (κ1) is 94.1. The van der Waals surface area contributed by atoms with E-state index in [2.05, 4.69) is 121 Å². The minimum Gasteiger partial charge on any atom is -0.491 e. The molecule has 10 aromatic rings. The van der Waals surface area contributed by atoms with Crippen molar-refractivity contribution in [3.05, 3.63) is 192 Å². The lowest BCUT2D eigenvalue weighted by molar-refractivity contribution is -0.432. The van der Waals surface area contributed by atoms with Gasteiger partial charge in [0.05, 0.1) is 128 Å². The van der Waals surface area contributed by atoms with Crippen LogP contribution >= 0.6 is 24.1 Å². The van der Waals surface area contributed by atoms with Gasteiger partial charge < -0.3 is 76.4 Å². The Kier molecular flexibility index (Phi) is 35.4. The topological polar surface area (TPSA) is 658 Å². The monoisotopic (exact) mass is 1810 g/mol. The van der Waals surface area contributed by atoms with Crippen molar-refractivity contribution in [1.29, 1.82) is 0 Å². The van der Waals surface area contributed by atoms with Gasteiger partial charge in [-0.05, 0) is 166 Å². The fourth-order valence-corrected chi connectivity index (χ4v) is 12.4. The third kappa shape index (κ3) is 31.9. The summed E-state index contributed by atoms with van der Waals surface area (Å²) in [6.07, 6.45) is 0.535. The molecule has 0 bridgehead atoms. The van der Waals surface area contributed by atoms with Gasteiger partial charge >= 0.3 is 29.8 Å². The van der Waals surface area contributed by atoms with Crippen LogP contribution in [0, 0.1) is 0 Å². The van der Waals surface area contributed by atoms with E-state index < -0.39 is 67.6 Å². The Bertz CT molecular complexity index is 5850. The molecule has 8 aromatic carbocycles. The fraction of sp³-hybridized carbons (Fsp3) is 0.224. The van der Waals surface area contributed by atoms with Gasteiger partial charge in [-0.25, -0.2) is 34.5 Å². The Labute approximate surface area is 722 Å². The van der Waals surface area contributed by atoms with Gasteiger partial charge in [-0.15, -0.1) is 8.67 Å². The van der Waals surface area contributed by atoms with E-state index in [9.17, 15) is 75.4 Å². The quantitative estimate of drug-likeness (QED) is 0.00420. The van der Waals surface area contributed by atoms with Crippen LogP contribution in [0.3, 0.4) is 0 Å². The fourth-order valence-electron chi connectivity index (χ4n) is 10.7. The van der Waals surface area contributed by atoms with E-state index in [4.69, 9.17) is 29.5 Å². The molecule has 10 rings (SSSR count). The predicted octanol–water partition coefficient (Wildman–Crippen LogP) is 16.6. The van der Waals surface area contributed by atoms with E-state index >= 15 is 0 Å². The van der Waals surface area contributed by atoms with E-state index in [1.807, 2.05) is 0 Å². The summed E-state index contributed by atoms with van der Waals surface area (Å²) >= 11 is 1.57. The van der Waals surface area contributed by atoms with E-state index in [1.165, 1.54) is 152 Å². The van der Waals surface area contributed by atoms with Crippen molar-refractivity contribution >= 4 is 178 Å². The Morgan fingerprint density at radius 1 is 0.357 bits per heavy atom. The van der Waals surface area contributed by atoms with Crippen molar-refractivity contribution in [2.75, 3.05) is 87.9 Å². The highest BCUT2D eigenvalue weighted by Gasteiger charge is 2.23. The smallest absolute Gasteiger partial charge is 0.335 e. The molecular formula is C76H76N20O26S4. The summed E-state index contributed by atoms with van der Waals surface area (Å²) in [5.41, 5.74) is 2.13. The molecule has 0 fully saturated rings. The zero-order valence-electron chi connectivity index (χ0n) is 65.4. The number of anilines is 10. The molecule has 1 atom stereocenters. The van der Waals surface area contributed by atoms with Crippen LogP contribution in [-0.4, -0.2) is 184 Å². The summed E-state index contributed by atoms with van der Waals surface area (Å²) < 4.78 is 99.7. The molecule has 126 heavy (non-hydrogen) atoms. The van der Waals surface area contributed by atoms with Crippen LogP contribution < -0.4 is 50.8 Å². The van der Waals surface area contributed by atoms with Gasteiger partial charge in [-0.2, -0.15) is 87.7 Å². The lowest BCUT2D eigenvalue weighted by atomic mass is 10.1. The van der Waals surface area contributed by atoms with Gasteiger partial charge in [0.15, 0.2) is 0 Å². The number of aromatic nitrogens is 6. The summed E-state index contributed by atoms with van der Waals surface area (Å²) in [4.78, 5) is 88.1. The standard InChI is InChI=1S/C76H76N20O26S4/c97-66(98)45-11-3-15-49(37-45)89-93-53-20-24-57(62(41-53)115-29-7-33-123-121-119-107)78-72-83-71(84-73(85-72)79-59-26-22-55(43-64(59)117-31-9-35-125(109,110)111)95-91-51-17-5-13-47(39-51)68(101)102)77-28-2-1-19-61(70(105)106)82-76-87-74(80-58-25-21-54(42-63(58)116-30-8-34-124-122-120-108)94-90-50-16-4-12-46(38-50)67(99)100)86-75(88-76)81-60-27-23-56(44-65(60)118-32-10-36-126(112,113)114)96-92-52-18-6-14-48(40-52)69(103)104/h3-6,11-18,20-27,37-44,61,107-108H,1-2,7-10,19,28-36H2,(H,97,98)(H,99,100)(H,101,102)(H,103,104)(H,105,106)(H,109,110,111)(H,112,113,114)(H3,77,78,79,83,84,85)(H3,80,81,82,86,87,88). The van der Waals surface area contributed by atoms with Gasteiger partial charge in [0.1, 0.15) is 29.0 Å². The van der Waals surface area contributed by atoms with E-state index in [0.717, 1.165) is 24.1 Å². The molecule has 0 aliphatic carbocycles. The molecule has 1 unspecified atom stereocenters. The molecule has 0 spiro atoms. The Balaban J connectivity index is 0.960. The number of unbranched alkanes of at least 4 members (excludes halogenated alkanes) is 1. The molecule has 15 N–H and O–H groups in total. The Morgan fingerprint density at radius 2 is 0.643 bits per heavy atom. The summed E-state index contributed by atoms with van der Waals surface area (Å²) in [5.74, 6) is -7.83. The highest BCUT2D eigenvalue weighted by Crippen LogP contribution is 2.39. The van der Waals surface area contributed by atoms with Crippen LogP contribution in [-0.2, 0) is 43.8 Å². The average Bonchev–Trinajstić information content (AvgIpc) is 0.819. The molecule has 2 heterocycles. The highest BCUT2D eigenvalue weighted by atomic mass is 32.2. The average molecular weight is 1810 g/mol. The zero-order valence-corrected chi connectivity index (χ0v) is 68.7. The summed E-state index contributed by atoms with van der Waals surface area (Å²) in [7, 11) is -8.85. The van der Waals surface area contributed by atoms with Crippen molar-refractivity contribution in [1.82, 2.24) is 29.9 Å². The number of azo groups is 4. The minimum absolute atomic E-state index is 0.00691. The molecule has 0 saturated carbocycles. The zero-order chi connectivity index (χ0) is 89.8. The van der Waals surface area contributed by atoms with E-state index in [0.29, 0.717) is 12.8 Å². The van der Waals surface area contributed by atoms with Crippen LogP contribution in [0.25, 0.3) is 0 Å². The van der Waals surface area contributed by atoms with Crippen LogP contribution in [0.15, 0.2) is 211 Å². The summed E-state index contributed by atoms with van der Waals surface area (Å²) in [5, 5.41) is 126. The van der Waals surface area contributed by atoms with Crippen molar-refractivity contribution < 1.29 is 124 Å². The lowest BCUT2D eigenvalue weighted by Crippen LogP contribution is -2.30. The summed E-state index contributed by atoms with van der Waals surface area (Å²) in [6, 6.07) is 39.3. The number of benzene rings is 8. The Morgan fingerprint density at radius 3 is 0.929 bits per heavy atom. The number of nitrogens with one attached hydrogen (secondary N) is 6. The first-order valence-electron chi connectivity index (χ1n) is 37.2. The van der Waals surface area contributed by atoms with Crippen molar-refractivity contribution in [2.45, 2.75) is 51.0 Å². The third-order valence-electron chi connectivity index (χ3n) is 16.4. The maximum atomic E-state index is 13.4. The molecule has 46 nitrogen and oxygen atoms in total. The van der Waals surface area contributed by atoms with Crippen LogP contribution in [0.4, 0.5) is 104 Å². The maximum absolute atomic E-state index is 13.4. The van der Waals surface area contributed by atoms with Crippen LogP contribution in [0.2, 0.25) is 0 Å². The molecular weight excluding hydrogens is 1740 g/mol. The van der Waals surface area contributed by atoms with Crippen LogP contribution in [0.1, 0.15) is 86.4 Å². The predicted molar refractivity (Wildman–Crippen MR) is 454 cm³/mol. The number of nitrogens with zero attached hydrogens (tertiary/aromatic N) is 14. The molecule has 0 amide bonds. The second-order valence-electron chi connectivity index (χ2n) is 25.8. The molecule has 0 radical (unpaired) electrons. The van der Waals surface area contributed by atoms with Gasteiger partial charge in [0.2, 0.25) is 35.7 Å². The van der Waals surface area contributed by atoms with E-state index in [-0.39, 0.29) is 226 Å². The number of carboxylic acids is 5. The molecule has 0 aliphatic heterocycles. The number of carbonyl (C=O) groups is 5. The second-order valence-corrected chi connectivity index (χ2v) is 30.5. The molecule has 0 saturated heterocycles. The Hall–Kier alpha value is -14.2. The number of hydrogen-bond acceptors (Lipinski definition) is 41. The SMILES string of the molecule is O=C(O)c1cccc(N=Nc2ccc(Nc3nc(NCCCCC(Nc4nc(Nc5ccc(N=Nc6cccc(C(=O)O)c6)cc5OCCCSOOO)nc(Nc5ccc(N=Nc6cccc(C(=O)O)c6)cc5OCCCS(=O)(=O)O)n4)C(=O)O)nc(Nc4ccc(N=Nc5cccc(C(=O)O)c5)cc4OCCCS(=O)(=O)O)n3)c(OCCCSOOO)c2)c1. The van der Waals surface area contributed by atoms with Gasteiger partial charge in [-0.3, -0.25) is 9.11 Å². The second kappa shape index (κ2) is 47.4. The van der Waals surface area contributed by atoms with Crippen molar-refractivity contribution in [3.8, 4) is 23.0 Å². The normalized spacial score (nSPS) is 11.8. The number of carboxylic acid groups (broad SMARTS) is 5. The molecule has 0 aliphatic rings. The number of aromatic carboxylic acids is 4. The van der Waals surface area contributed by atoms with Gasteiger partial charge in [0.25, 0.3) is 20.2 Å². The third-order valence-corrected chi connectivity index (χ3v) is 19.3. The van der Waals surface area contributed by atoms with Crippen molar-refractivity contribution in [3.63, 3.8) is 0 Å². The van der Waals surface area contributed by atoms with Crippen molar-refractivity contribution in [2.24, 2.45) is 40.9 Å². The lowest BCUT2D eigenvalue weighted by Gasteiger charge is -2.18. The first-order chi connectivity index (χ1) is 60.7.